The molecule has 0 atom stereocenters. The molecule has 3 aromatic rings. The molecule has 0 bridgehead atoms. The van der Waals surface area contributed by atoms with Gasteiger partial charge < -0.3 is 4.74 Å². The molecular formula is C21H14F3NO4S. The monoisotopic (exact) mass is 433 g/mol. The van der Waals surface area contributed by atoms with E-state index in [0.29, 0.717) is 22.3 Å². The van der Waals surface area contributed by atoms with Crippen LogP contribution in [-0.4, -0.2) is 22.4 Å². The van der Waals surface area contributed by atoms with Crippen LogP contribution in [0.25, 0.3) is 10.8 Å². The highest BCUT2D eigenvalue weighted by atomic mass is 32.2. The Kier molecular flexibility index (Phi) is 4.95. The van der Waals surface area contributed by atoms with Crippen LogP contribution in [0, 0.1) is 13.8 Å². The molecule has 3 aromatic carbocycles. The first kappa shape index (κ1) is 20.2. The van der Waals surface area contributed by atoms with Gasteiger partial charge in [-0.15, -0.1) is 5.06 Å². The Hall–Kier alpha value is -3.04. The highest BCUT2D eigenvalue weighted by Gasteiger charge is 2.39. The topological polar surface area (TPSA) is 55.8 Å². The smallest absolute Gasteiger partial charge is 0.457 e. The number of carbonyl (C=O) groups excluding carboxylic acids is 2. The van der Waals surface area contributed by atoms with Crippen molar-refractivity contribution in [3.05, 3.63) is 70.8 Å². The maximum Gasteiger partial charge on any atom is 0.470 e. The van der Waals surface area contributed by atoms with Gasteiger partial charge in [0.05, 0.1) is 11.1 Å². The first-order valence-electron chi connectivity index (χ1n) is 8.78. The van der Waals surface area contributed by atoms with E-state index in [2.05, 4.69) is 4.28 Å². The van der Waals surface area contributed by atoms with E-state index in [0.717, 1.165) is 11.1 Å². The van der Waals surface area contributed by atoms with E-state index in [1.807, 2.05) is 26.0 Å². The molecule has 0 fully saturated rings. The number of imide groups is 1. The number of ether oxygens (including phenoxy) is 1. The number of amides is 2. The minimum atomic E-state index is -4.77. The number of rotatable bonds is 4. The largest absolute Gasteiger partial charge is 0.470 e. The van der Waals surface area contributed by atoms with Gasteiger partial charge >= 0.3 is 5.51 Å². The molecule has 0 N–H and O–H groups in total. The molecule has 9 heteroatoms. The van der Waals surface area contributed by atoms with Gasteiger partial charge in [-0.25, -0.2) is 0 Å². The summed E-state index contributed by atoms with van der Waals surface area (Å²) in [6, 6.07) is 13.2. The Morgan fingerprint density at radius 3 is 2.27 bits per heavy atom. The second kappa shape index (κ2) is 7.33. The zero-order valence-corrected chi connectivity index (χ0v) is 16.6. The molecule has 1 heterocycles. The molecule has 0 saturated carbocycles. The van der Waals surface area contributed by atoms with E-state index in [1.54, 1.807) is 24.3 Å². The molecule has 0 spiro atoms. The van der Waals surface area contributed by atoms with Crippen LogP contribution < -0.4 is 4.74 Å². The third-order valence-corrected chi connectivity index (χ3v) is 5.16. The van der Waals surface area contributed by atoms with Crippen molar-refractivity contribution < 1.29 is 31.8 Å². The van der Waals surface area contributed by atoms with Crippen molar-refractivity contribution in [3.8, 4) is 11.5 Å². The van der Waals surface area contributed by atoms with E-state index in [4.69, 9.17) is 4.74 Å². The normalized spacial score (nSPS) is 13.8. The minimum Gasteiger partial charge on any atom is -0.457 e. The minimum absolute atomic E-state index is 0.0513. The van der Waals surface area contributed by atoms with Crippen molar-refractivity contribution in [2.24, 2.45) is 0 Å². The quantitative estimate of drug-likeness (QED) is 0.376. The number of halogens is 3. The molecule has 0 radical (unpaired) electrons. The van der Waals surface area contributed by atoms with Crippen molar-refractivity contribution in [3.63, 3.8) is 0 Å². The number of benzene rings is 3. The van der Waals surface area contributed by atoms with Gasteiger partial charge in [0.2, 0.25) is 0 Å². The van der Waals surface area contributed by atoms with Crippen LogP contribution in [-0.2, 0) is 4.28 Å². The number of hydrogen-bond acceptors (Lipinski definition) is 5. The van der Waals surface area contributed by atoms with Gasteiger partial charge in [0.15, 0.2) is 0 Å². The standard InChI is InChI=1S/C21H14F3NO4S/c1-11-6-7-13(10-12(11)2)28-17-9-8-16-18-14(17)4-3-5-15(18)19(26)25(20(16)27)29-30-21(22,23)24/h3-10H,1-2H3. The molecule has 1 aliphatic rings. The van der Waals surface area contributed by atoms with Crippen molar-refractivity contribution in [2.75, 3.05) is 0 Å². The Labute approximate surface area is 173 Å². The van der Waals surface area contributed by atoms with Crippen molar-refractivity contribution >= 4 is 34.6 Å². The molecule has 0 aliphatic carbocycles. The average Bonchev–Trinajstić information content (AvgIpc) is 2.68. The van der Waals surface area contributed by atoms with Crippen molar-refractivity contribution in [1.29, 1.82) is 0 Å². The molecule has 4 rings (SSSR count). The zero-order chi connectivity index (χ0) is 21.6. The predicted octanol–water partition coefficient (Wildman–Crippen LogP) is 5.94. The van der Waals surface area contributed by atoms with E-state index in [1.165, 1.54) is 12.1 Å². The fourth-order valence-corrected chi connectivity index (χ4v) is 3.48. The number of nitrogens with zero attached hydrogens (tertiary/aromatic N) is 1. The highest BCUT2D eigenvalue weighted by Crippen LogP contribution is 2.39. The van der Waals surface area contributed by atoms with Crippen molar-refractivity contribution in [2.45, 2.75) is 19.4 Å². The van der Waals surface area contributed by atoms with E-state index >= 15 is 0 Å². The summed E-state index contributed by atoms with van der Waals surface area (Å²) >= 11 is -0.921. The molecule has 1 aliphatic heterocycles. The summed E-state index contributed by atoms with van der Waals surface area (Å²) < 4.78 is 47.8. The summed E-state index contributed by atoms with van der Waals surface area (Å²) in [6.07, 6.45) is 0. The lowest BCUT2D eigenvalue weighted by atomic mass is 9.94. The second-order valence-electron chi connectivity index (χ2n) is 6.70. The van der Waals surface area contributed by atoms with Gasteiger partial charge in [-0.05, 0) is 55.3 Å². The van der Waals surface area contributed by atoms with Gasteiger partial charge in [0, 0.05) is 10.8 Å². The first-order valence-corrected chi connectivity index (χ1v) is 9.52. The Bertz CT molecular complexity index is 1170. The predicted molar refractivity (Wildman–Crippen MR) is 105 cm³/mol. The number of aryl methyl sites for hydroxylation is 2. The fourth-order valence-electron chi connectivity index (χ4n) is 3.19. The van der Waals surface area contributed by atoms with Gasteiger partial charge in [-0.3, -0.25) is 9.59 Å². The summed E-state index contributed by atoms with van der Waals surface area (Å²) in [5, 5.41) is 0.929. The zero-order valence-electron chi connectivity index (χ0n) is 15.7. The lowest BCUT2D eigenvalue weighted by Crippen LogP contribution is -2.39. The fraction of sp³-hybridized carbons (Fsp3) is 0.143. The highest BCUT2D eigenvalue weighted by molar-refractivity contribution is 7.95. The third-order valence-electron chi connectivity index (χ3n) is 4.74. The summed E-state index contributed by atoms with van der Waals surface area (Å²) in [5.41, 5.74) is -2.52. The maximum atomic E-state index is 12.6. The third kappa shape index (κ3) is 3.61. The van der Waals surface area contributed by atoms with E-state index in [9.17, 15) is 22.8 Å². The summed E-state index contributed by atoms with van der Waals surface area (Å²) in [4.78, 5) is 25.3. The molecular weight excluding hydrogens is 419 g/mol. The average molecular weight is 433 g/mol. The molecule has 2 amide bonds. The van der Waals surface area contributed by atoms with Crippen LogP contribution in [0.4, 0.5) is 13.2 Å². The van der Waals surface area contributed by atoms with Crippen LogP contribution >= 0.6 is 12.0 Å². The summed E-state index contributed by atoms with van der Waals surface area (Å²) in [6.45, 7) is 3.93. The van der Waals surface area contributed by atoms with E-state index in [-0.39, 0.29) is 16.2 Å². The molecule has 30 heavy (non-hydrogen) atoms. The van der Waals surface area contributed by atoms with Crippen LogP contribution in [0.1, 0.15) is 31.8 Å². The molecule has 0 aromatic heterocycles. The summed E-state index contributed by atoms with van der Waals surface area (Å²) in [7, 11) is 0. The summed E-state index contributed by atoms with van der Waals surface area (Å²) in [5.74, 6) is -0.950. The van der Waals surface area contributed by atoms with Gasteiger partial charge in [0.25, 0.3) is 11.8 Å². The Balaban J connectivity index is 1.76. The van der Waals surface area contributed by atoms with Crippen LogP contribution in [0.15, 0.2) is 48.5 Å². The lowest BCUT2D eigenvalue weighted by Gasteiger charge is -2.26. The Morgan fingerprint density at radius 2 is 1.60 bits per heavy atom. The molecule has 154 valence electrons. The number of carbonyl (C=O) groups is 2. The van der Waals surface area contributed by atoms with Crippen LogP contribution in [0.5, 0.6) is 11.5 Å². The molecule has 5 nitrogen and oxygen atoms in total. The van der Waals surface area contributed by atoms with Gasteiger partial charge in [-0.2, -0.15) is 17.5 Å². The van der Waals surface area contributed by atoms with Gasteiger partial charge in [-0.1, -0.05) is 18.2 Å². The number of alkyl halides is 3. The van der Waals surface area contributed by atoms with E-state index < -0.39 is 29.4 Å². The first-order chi connectivity index (χ1) is 14.2. The molecule has 0 unspecified atom stereocenters. The second-order valence-corrected chi connectivity index (χ2v) is 7.47. The van der Waals surface area contributed by atoms with Crippen molar-refractivity contribution in [1.82, 2.24) is 5.06 Å². The van der Waals surface area contributed by atoms with Crippen LogP contribution in [0.3, 0.4) is 0 Å². The number of hydroxylamine groups is 2. The lowest BCUT2D eigenvalue weighted by molar-refractivity contribution is -0.0570. The molecule has 0 saturated heterocycles. The van der Waals surface area contributed by atoms with Gasteiger partial charge in [0.1, 0.15) is 23.5 Å². The Morgan fingerprint density at radius 1 is 0.900 bits per heavy atom. The SMILES string of the molecule is Cc1ccc(Oc2ccc3c4c(cccc24)C(=O)N(OSC(F)(F)F)C3=O)cc1C. The van der Waals surface area contributed by atoms with Crippen LogP contribution in [0.2, 0.25) is 0 Å². The maximum absolute atomic E-state index is 12.6. The number of hydrogen-bond donors (Lipinski definition) is 0.